The molecule has 21 heavy (non-hydrogen) atoms. The second kappa shape index (κ2) is 4.90. The molecule has 1 heterocycles. The van der Waals surface area contributed by atoms with Gasteiger partial charge in [0, 0.05) is 5.56 Å². The molecule has 3 N–H and O–H groups in total. The molecule has 0 saturated heterocycles. The van der Waals surface area contributed by atoms with Gasteiger partial charge in [-0.25, -0.2) is 4.39 Å². The molecule has 2 aromatic rings. The van der Waals surface area contributed by atoms with E-state index in [1.165, 1.54) is 17.0 Å². The first-order valence-corrected chi connectivity index (χ1v) is 6.32. The number of nitrogen functional groups attached to an aromatic ring is 1. The fraction of sp³-hybridized carbons (Fsp3) is 0.0667. The van der Waals surface area contributed by atoms with Crippen molar-refractivity contribution in [2.75, 3.05) is 22.5 Å². The number of para-hydroxylation sites is 2. The highest BCUT2D eigenvalue weighted by Crippen LogP contribution is 2.30. The van der Waals surface area contributed by atoms with Crippen LogP contribution in [0.5, 0.6) is 0 Å². The first-order valence-electron chi connectivity index (χ1n) is 6.32. The monoisotopic (exact) mass is 285 g/mol. The zero-order valence-electron chi connectivity index (χ0n) is 11.0. The van der Waals surface area contributed by atoms with Crippen molar-refractivity contribution >= 4 is 28.9 Å². The molecule has 0 saturated carbocycles. The van der Waals surface area contributed by atoms with Gasteiger partial charge in [-0.15, -0.1) is 0 Å². The van der Waals surface area contributed by atoms with Crippen molar-refractivity contribution in [3.05, 3.63) is 53.8 Å². The maximum Gasteiger partial charge on any atom is 0.258 e. The molecule has 0 bridgehead atoms. The molecule has 0 aliphatic carbocycles. The Balaban J connectivity index is 2.01. The average Bonchev–Trinajstić information content (AvgIpc) is 2.48. The third-order valence-corrected chi connectivity index (χ3v) is 3.26. The largest absolute Gasteiger partial charge is 0.396 e. The average molecular weight is 285 g/mol. The van der Waals surface area contributed by atoms with Crippen molar-refractivity contribution in [1.29, 1.82) is 0 Å². The second-order valence-corrected chi connectivity index (χ2v) is 4.69. The zero-order valence-corrected chi connectivity index (χ0v) is 11.0. The van der Waals surface area contributed by atoms with Crippen molar-refractivity contribution < 1.29 is 14.0 Å². The molecule has 6 heteroatoms. The van der Waals surface area contributed by atoms with Crippen molar-refractivity contribution in [3.8, 4) is 0 Å². The van der Waals surface area contributed by atoms with E-state index in [2.05, 4.69) is 5.32 Å². The number of fused-ring (bicyclic) bond motifs is 1. The van der Waals surface area contributed by atoms with Crippen LogP contribution in [-0.4, -0.2) is 18.4 Å². The summed E-state index contributed by atoms with van der Waals surface area (Å²) in [5, 5.41) is 2.70. The number of nitrogens with two attached hydrogens (primary N) is 1. The fourth-order valence-electron chi connectivity index (χ4n) is 2.25. The van der Waals surface area contributed by atoms with Crippen molar-refractivity contribution in [1.82, 2.24) is 0 Å². The SMILES string of the molecule is Nc1cc(C(=O)N2CC(=O)Nc3ccccc32)ccc1F. The number of hydrogen-bond acceptors (Lipinski definition) is 3. The normalized spacial score (nSPS) is 13.6. The van der Waals surface area contributed by atoms with Crippen LogP contribution in [-0.2, 0) is 4.79 Å². The number of benzene rings is 2. The fourth-order valence-corrected chi connectivity index (χ4v) is 2.25. The van der Waals surface area contributed by atoms with Crippen LogP contribution in [0.1, 0.15) is 10.4 Å². The van der Waals surface area contributed by atoms with Gasteiger partial charge in [-0.3, -0.25) is 14.5 Å². The van der Waals surface area contributed by atoms with E-state index >= 15 is 0 Å². The number of carbonyl (C=O) groups is 2. The summed E-state index contributed by atoms with van der Waals surface area (Å²) < 4.78 is 13.2. The summed E-state index contributed by atoms with van der Waals surface area (Å²) in [6, 6.07) is 10.7. The predicted octanol–water partition coefficient (Wildman–Crippen LogP) is 2.01. The summed E-state index contributed by atoms with van der Waals surface area (Å²) in [5.41, 5.74) is 6.79. The molecule has 0 aromatic heterocycles. The third-order valence-electron chi connectivity index (χ3n) is 3.26. The lowest BCUT2D eigenvalue weighted by molar-refractivity contribution is -0.115. The maximum atomic E-state index is 13.2. The summed E-state index contributed by atoms with van der Waals surface area (Å²) in [6.45, 7) is -0.0902. The Kier molecular flexibility index (Phi) is 3.06. The maximum absolute atomic E-state index is 13.2. The van der Waals surface area contributed by atoms with Crippen LogP contribution >= 0.6 is 0 Å². The summed E-state index contributed by atoms with van der Waals surface area (Å²) >= 11 is 0. The van der Waals surface area contributed by atoms with E-state index in [9.17, 15) is 14.0 Å². The Morgan fingerprint density at radius 1 is 1.24 bits per heavy atom. The van der Waals surface area contributed by atoms with Gasteiger partial charge in [0.15, 0.2) is 0 Å². The van der Waals surface area contributed by atoms with Crippen molar-refractivity contribution in [2.45, 2.75) is 0 Å². The molecule has 5 nitrogen and oxygen atoms in total. The van der Waals surface area contributed by atoms with E-state index in [4.69, 9.17) is 5.73 Å². The summed E-state index contributed by atoms with van der Waals surface area (Å²) in [7, 11) is 0. The first-order chi connectivity index (χ1) is 10.1. The molecule has 1 aliphatic rings. The Bertz CT molecular complexity index is 745. The van der Waals surface area contributed by atoms with Crippen molar-refractivity contribution in [3.63, 3.8) is 0 Å². The van der Waals surface area contributed by atoms with Gasteiger partial charge in [0.05, 0.1) is 17.1 Å². The van der Waals surface area contributed by atoms with Gasteiger partial charge in [0.2, 0.25) is 5.91 Å². The van der Waals surface area contributed by atoms with Gasteiger partial charge >= 0.3 is 0 Å². The van der Waals surface area contributed by atoms with E-state index in [1.54, 1.807) is 24.3 Å². The molecular weight excluding hydrogens is 273 g/mol. The quantitative estimate of drug-likeness (QED) is 0.787. The minimum Gasteiger partial charge on any atom is -0.396 e. The molecule has 0 unspecified atom stereocenters. The molecule has 2 aromatic carbocycles. The Morgan fingerprint density at radius 3 is 2.76 bits per heavy atom. The Morgan fingerprint density at radius 2 is 2.00 bits per heavy atom. The molecule has 1 aliphatic heterocycles. The smallest absolute Gasteiger partial charge is 0.258 e. The Labute approximate surface area is 120 Å². The van der Waals surface area contributed by atoms with E-state index in [1.807, 2.05) is 0 Å². The van der Waals surface area contributed by atoms with Gasteiger partial charge in [-0.05, 0) is 30.3 Å². The second-order valence-electron chi connectivity index (χ2n) is 4.69. The number of rotatable bonds is 1. The van der Waals surface area contributed by atoms with E-state index < -0.39 is 11.7 Å². The van der Waals surface area contributed by atoms with Gasteiger partial charge in [-0.1, -0.05) is 12.1 Å². The summed E-state index contributed by atoms with van der Waals surface area (Å²) in [4.78, 5) is 25.6. The van der Waals surface area contributed by atoms with Crippen LogP contribution in [0, 0.1) is 5.82 Å². The topological polar surface area (TPSA) is 75.4 Å². The molecule has 0 fully saturated rings. The third kappa shape index (κ3) is 2.31. The number of anilines is 3. The molecule has 0 radical (unpaired) electrons. The lowest BCUT2D eigenvalue weighted by atomic mass is 10.1. The minimum atomic E-state index is -0.580. The zero-order chi connectivity index (χ0) is 15.0. The predicted molar refractivity (Wildman–Crippen MR) is 77.6 cm³/mol. The molecule has 0 spiro atoms. The van der Waals surface area contributed by atoms with Crippen LogP contribution in [0.4, 0.5) is 21.5 Å². The van der Waals surface area contributed by atoms with Gasteiger partial charge in [0.25, 0.3) is 5.91 Å². The molecule has 106 valence electrons. The van der Waals surface area contributed by atoms with Crippen LogP contribution in [0.3, 0.4) is 0 Å². The molecule has 3 rings (SSSR count). The van der Waals surface area contributed by atoms with Crippen LogP contribution < -0.4 is 16.0 Å². The van der Waals surface area contributed by atoms with Gasteiger partial charge in [-0.2, -0.15) is 0 Å². The number of halogens is 1. The molecular formula is C15H12FN3O2. The number of amides is 2. The standard InChI is InChI=1S/C15H12FN3O2/c16-10-6-5-9(7-11(10)17)15(21)19-8-14(20)18-12-3-1-2-4-13(12)19/h1-7H,8,17H2,(H,18,20). The van der Waals surface area contributed by atoms with Gasteiger partial charge < -0.3 is 11.1 Å². The summed E-state index contributed by atoms with van der Waals surface area (Å²) in [6.07, 6.45) is 0. The molecule has 0 atom stereocenters. The number of nitrogens with one attached hydrogen (secondary N) is 1. The van der Waals surface area contributed by atoms with E-state index in [0.29, 0.717) is 11.4 Å². The van der Waals surface area contributed by atoms with E-state index in [-0.39, 0.29) is 23.7 Å². The lowest BCUT2D eigenvalue weighted by Crippen LogP contribution is -2.42. The highest BCUT2D eigenvalue weighted by atomic mass is 19.1. The first kappa shape index (κ1) is 13.1. The summed E-state index contributed by atoms with van der Waals surface area (Å²) in [5.74, 6) is -1.26. The van der Waals surface area contributed by atoms with Crippen molar-refractivity contribution in [2.24, 2.45) is 0 Å². The van der Waals surface area contributed by atoms with Crippen LogP contribution in [0.2, 0.25) is 0 Å². The van der Waals surface area contributed by atoms with Gasteiger partial charge in [0.1, 0.15) is 12.4 Å². The highest BCUT2D eigenvalue weighted by Gasteiger charge is 2.27. The Hall–Kier alpha value is -2.89. The minimum absolute atomic E-state index is 0.0902. The lowest BCUT2D eigenvalue weighted by Gasteiger charge is -2.29. The number of hydrogen-bond donors (Lipinski definition) is 2. The van der Waals surface area contributed by atoms with E-state index in [0.717, 1.165) is 6.07 Å². The van der Waals surface area contributed by atoms with Crippen LogP contribution in [0.15, 0.2) is 42.5 Å². The number of nitrogens with zero attached hydrogens (tertiary/aromatic N) is 1. The number of carbonyl (C=O) groups excluding carboxylic acids is 2. The van der Waals surface area contributed by atoms with Crippen LogP contribution in [0.25, 0.3) is 0 Å². The highest BCUT2D eigenvalue weighted by molar-refractivity contribution is 6.15. The molecule has 2 amide bonds.